The van der Waals surface area contributed by atoms with Crippen LogP contribution in [0.4, 0.5) is 0 Å². The quantitative estimate of drug-likeness (QED) is 0.522. The Bertz CT molecular complexity index is 178. The van der Waals surface area contributed by atoms with E-state index in [1.807, 2.05) is 6.07 Å². The smallest absolute Gasteiger partial charge is 0.241 e. The van der Waals surface area contributed by atoms with E-state index in [9.17, 15) is 4.79 Å². The summed E-state index contributed by atoms with van der Waals surface area (Å²) in [5.74, 6) is 0. The van der Waals surface area contributed by atoms with Crippen molar-refractivity contribution in [1.29, 1.82) is 5.26 Å². The van der Waals surface area contributed by atoms with Gasteiger partial charge in [-0.1, -0.05) is 0 Å². The second kappa shape index (κ2) is 2.00. The van der Waals surface area contributed by atoms with Crippen molar-refractivity contribution >= 4 is 16.8 Å². The van der Waals surface area contributed by atoms with Gasteiger partial charge in [-0.05, 0) is 30.9 Å². The van der Waals surface area contributed by atoms with Crippen molar-refractivity contribution in [2.75, 3.05) is 0 Å². The summed E-state index contributed by atoms with van der Waals surface area (Å²) in [5.41, 5.74) is -0.804. The number of nitriles is 1. The molecule has 0 bridgehead atoms. The molecule has 1 fully saturated rings. The maximum absolute atomic E-state index is 10.5. The highest BCUT2D eigenvalue weighted by molar-refractivity contribution is 6.65. The molecule has 0 heterocycles. The minimum Gasteiger partial charge on any atom is -0.279 e. The lowest BCUT2D eigenvalue weighted by Gasteiger charge is -2.30. The monoisotopic (exact) mass is 143 g/mol. The highest BCUT2D eigenvalue weighted by Gasteiger charge is 2.43. The van der Waals surface area contributed by atoms with Crippen LogP contribution in [-0.2, 0) is 4.79 Å². The highest BCUT2D eigenvalue weighted by Crippen LogP contribution is 2.41. The average Bonchev–Trinajstić information content (AvgIpc) is 1.62. The Morgan fingerprint density at radius 1 is 1.67 bits per heavy atom. The Balaban J connectivity index is 2.71. The Kier molecular flexibility index (Phi) is 1.46. The lowest BCUT2D eigenvalue weighted by atomic mass is 9.71. The summed E-state index contributed by atoms with van der Waals surface area (Å²) in [4.78, 5) is 10.5. The first-order valence-electron chi connectivity index (χ1n) is 2.82. The Morgan fingerprint density at radius 2 is 2.22 bits per heavy atom. The number of hydrogen-bond acceptors (Lipinski definition) is 2. The van der Waals surface area contributed by atoms with Crippen LogP contribution in [0.5, 0.6) is 0 Å². The Labute approximate surface area is 58.4 Å². The number of carbonyl (C=O) groups excluding carboxylic acids is 1. The van der Waals surface area contributed by atoms with Gasteiger partial charge in [0, 0.05) is 0 Å². The zero-order chi connectivity index (χ0) is 6.91. The Hall–Kier alpha value is -0.550. The topological polar surface area (TPSA) is 40.9 Å². The van der Waals surface area contributed by atoms with Gasteiger partial charge in [-0.15, -0.1) is 0 Å². The van der Waals surface area contributed by atoms with Crippen molar-refractivity contribution in [1.82, 2.24) is 0 Å². The molecule has 0 aromatic heterocycles. The normalized spacial score (nSPS) is 21.8. The van der Waals surface area contributed by atoms with Crippen LogP contribution in [0.3, 0.4) is 0 Å². The molecule has 48 valence electrons. The number of nitrogens with zero attached hydrogens (tertiary/aromatic N) is 1. The second-order valence-corrected chi connectivity index (χ2v) is 2.66. The third kappa shape index (κ3) is 0.818. The van der Waals surface area contributed by atoms with Gasteiger partial charge in [0.15, 0.2) is 0 Å². The summed E-state index contributed by atoms with van der Waals surface area (Å²) in [7, 11) is 0. The molecule has 1 aliphatic rings. The molecule has 0 aromatic carbocycles. The van der Waals surface area contributed by atoms with Gasteiger partial charge in [0.2, 0.25) is 5.24 Å². The van der Waals surface area contributed by atoms with Crippen molar-refractivity contribution in [3.05, 3.63) is 0 Å². The van der Waals surface area contributed by atoms with Gasteiger partial charge < -0.3 is 0 Å². The van der Waals surface area contributed by atoms with Crippen molar-refractivity contribution in [2.24, 2.45) is 5.41 Å². The number of rotatable bonds is 1. The van der Waals surface area contributed by atoms with E-state index < -0.39 is 10.7 Å². The number of hydrogen-bond donors (Lipinski definition) is 0. The average molecular weight is 144 g/mol. The molecule has 0 radical (unpaired) electrons. The van der Waals surface area contributed by atoms with Crippen LogP contribution in [0.2, 0.25) is 0 Å². The SMILES string of the molecule is N#CC1(C(=O)Cl)CCC1. The summed E-state index contributed by atoms with van der Waals surface area (Å²) in [5, 5.41) is 7.96. The van der Waals surface area contributed by atoms with Crippen LogP contribution in [0.15, 0.2) is 0 Å². The van der Waals surface area contributed by atoms with E-state index >= 15 is 0 Å². The summed E-state index contributed by atoms with van der Waals surface area (Å²) < 4.78 is 0. The molecule has 3 heteroatoms. The summed E-state index contributed by atoms with van der Waals surface area (Å²) in [6, 6.07) is 1.93. The highest BCUT2D eigenvalue weighted by atomic mass is 35.5. The lowest BCUT2D eigenvalue weighted by Crippen LogP contribution is -2.33. The molecular formula is C6H6ClNO. The standard InChI is InChI=1S/C6H6ClNO/c7-5(9)6(4-8)2-1-3-6/h1-3H2. The molecule has 1 aliphatic carbocycles. The molecule has 1 saturated carbocycles. The van der Waals surface area contributed by atoms with E-state index in [4.69, 9.17) is 16.9 Å². The van der Waals surface area contributed by atoms with Gasteiger partial charge in [-0.3, -0.25) is 4.79 Å². The molecule has 0 aromatic rings. The fourth-order valence-electron chi connectivity index (χ4n) is 0.883. The van der Waals surface area contributed by atoms with E-state index in [1.54, 1.807) is 0 Å². The van der Waals surface area contributed by atoms with E-state index in [-0.39, 0.29) is 0 Å². The molecule has 1 rings (SSSR count). The minimum absolute atomic E-state index is 0.490. The predicted molar refractivity (Wildman–Crippen MR) is 32.8 cm³/mol. The largest absolute Gasteiger partial charge is 0.279 e. The van der Waals surface area contributed by atoms with Crippen molar-refractivity contribution < 1.29 is 4.79 Å². The first kappa shape index (κ1) is 6.57. The van der Waals surface area contributed by atoms with Gasteiger partial charge in [0.25, 0.3) is 0 Å². The van der Waals surface area contributed by atoms with E-state index in [1.165, 1.54) is 0 Å². The first-order chi connectivity index (χ1) is 4.21. The summed E-state index contributed by atoms with van der Waals surface area (Å²) in [6.07, 6.45) is 2.24. The van der Waals surface area contributed by atoms with Gasteiger partial charge in [-0.2, -0.15) is 5.26 Å². The summed E-state index contributed by atoms with van der Waals surface area (Å²) in [6.45, 7) is 0. The minimum atomic E-state index is -0.804. The van der Waals surface area contributed by atoms with Crippen LogP contribution in [0.25, 0.3) is 0 Å². The van der Waals surface area contributed by atoms with Gasteiger partial charge >= 0.3 is 0 Å². The molecule has 0 atom stereocenters. The van der Waals surface area contributed by atoms with E-state index in [2.05, 4.69) is 0 Å². The van der Waals surface area contributed by atoms with Gasteiger partial charge in [0.1, 0.15) is 5.41 Å². The van der Waals surface area contributed by atoms with Crippen molar-refractivity contribution in [3.8, 4) is 6.07 Å². The van der Waals surface area contributed by atoms with E-state index in [0.29, 0.717) is 12.8 Å². The summed E-state index contributed by atoms with van der Waals surface area (Å²) >= 11 is 5.18. The van der Waals surface area contributed by atoms with Crippen LogP contribution < -0.4 is 0 Å². The fourth-order valence-corrected chi connectivity index (χ4v) is 1.11. The molecule has 0 saturated heterocycles. The molecule has 0 spiro atoms. The second-order valence-electron chi connectivity index (χ2n) is 2.32. The third-order valence-electron chi connectivity index (χ3n) is 1.80. The molecule has 0 amide bonds. The number of carbonyl (C=O) groups is 1. The molecular weight excluding hydrogens is 138 g/mol. The Morgan fingerprint density at radius 3 is 2.22 bits per heavy atom. The maximum atomic E-state index is 10.5. The number of halogens is 1. The van der Waals surface area contributed by atoms with Crippen LogP contribution >= 0.6 is 11.6 Å². The third-order valence-corrected chi connectivity index (χ3v) is 2.16. The molecule has 0 unspecified atom stereocenters. The fraction of sp³-hybridized carbons (Fsp3) is 0.667. The molecule has 0 aliphatic heterocycles. The molecule has 9 heavy (non-hydrogen) atoms. The van der Waals surface area contributed by atoms with E-state index in [0.717, 1.165) is 6.42 Å². The maximum Gasteiger partial charge on any atom is 0.241 e. The first-order valence-corrected chi connectivity index (χ1v) is 3.20. The van der Waals surface area contributed by atoms with Crippen molar-refractivity contribution in [3.63, 3.8) is 0 Å². The van der Waals surface area contributed by atoms with Gasteiger partial charge in [0.05, 0.1) is 6.07 Å². The van der Waals surface area contributed by atoms with Gasteiger partial charge in [-0.25, -0.2) is 0 Å². The molecule has 2 nitrogen and oxygen atoms in total. The van der Waals surface area contributed by atoms with Crippen LogP contribution in [-0.4, -0.2) is 5.24 Å². The predicted octanol–water partition coefficient (Wildman–Crippen LogP) is 1.45. The van der Waals surface area contributed by atoms with Crippen LogP contribution in [0, 0.1) is 16.7 Å². The molecule has 0 N–H and O–H groups in total. The van der Waals surface area contributed by atoms with Crippen LogP contribution in [0.1, 0.15) is 19.3 Å². The zero-order valence-electron chi connectivity index (χ0n) is 4.85. The zero-order valence-corrected chi connectivity index (χ0v) is 5.61. The lowest BCUT2D eigenvalue weighted by molar-refractivity contribution is -0.121. The van der Waals surface area contributed by atoms with Crippen molar-refractivity contribution in [2.45, 2.75) is 19.3 Å².